The summed E-state index contributed by atoms with van der Waals surface area (Å²) < 4.78 is 22.3. The molecule has 0 aliphatic carbocycles. The summed E-state index contributed by atoms with van der Waals surface area (Å²) in [7, 11) is -3.88. The van der Waals surface area contributed by atoms with Crippen molar-refractivity contribution in [2.45, 2.75) is 12.1 Å². The fourth-order valence-electron chi connectivity index (χ4n) is 0.758. The van der Waals surface area contributed by atoms with Crippen molar-refractivity contribution in [2.24, 2.45) is 11.5 Å². The van der Waals surface area contributed by atoms with E-state index in [9.17, 15) is 18.0 Å². The Kier molecular flexibility index (Phi) is 4.65. The molecule has 15 heavy (non-hydrogen) atoms. The topological polar surface area (TPSA) is 161 Å². The maximum absolute atomic E-state index is 11.2. The van der Waals surface area contributed by atoms with E-state index >= 15 is 0 Å². The van der Waals surface area contributed by atoms with E-state index in [0.717, 1.165) is 0 Å². The van der Waals surface area contributed by atoms with Gasteiger partial charge in [0.05, 0.1) is 11.5 Å². The molecule has 0 aliphatic heterocycles. The zero-order valence-corrected chi connectivity index (χ0v) is 8.48. The van der Waals surface area contributed by atoms with Crippen LogP contribution in [0.2, 0.25) is 0 Å². The first-order chi connectivity index (χ1) is 6.65. The van der Waals surface area contributed by atoms with E-state index < -0.39 is 45.4 Å². The molecule has 0 bridgehead atoms. The van der Waals surface area contributed by atoms with Crippen LogP contribution in [-0.4, -0.2) is 54.2 Å². The molecule has 0 aromatic carbocycles. The molecule has 1 unspecified atom stereocenters. The van der Waals surface area contributed by atoms with Gasteiger partial charge in [-0.05, 0) is 0 Å². The molecule has 0 radical (unpaired) electrons. The van der Waals surface area contributed by atoms with Gasteiger partial charge in [0.15, 0.2) is 9.84 Å². The Morgan fingerprint density at radius 3 is 1.47 bits per heavy atom. The minimum absolute atomic E-state index is 0.830. The summed E-state index contributed by atoms with van der Waals surface area (Å²) in [5.41, 5.74) is 9.97. The van der Waals surface area contributed by atoms with Gasteiger partial charge in [-0.2, -0.15) is 0 Å². The van der Waals surface area contributed by atoms with Gasteiger partial charge in [0.25, 0.3) is 0 Å². The molecule has 88 valence electrons. The summed E-state index contributed by atoms with van der Waals surface area (Å²) in [6, 6.07) is -3.15. The van der Waals surface area contributed by atoms with Crippen molar-refractivity contribution < 1.29 is 28.2 Å². The molecule has 0 heterocycles. The molecule has 0 fully saturated rings. The number of carboxylic acids is 2. The molecule has 9 heteroatoms. The predicted octanol–water partition coefficient (Wildman–Crippen LogP) is -2.77. The third kappa shape index (κ3) is 5.30. The molecule has 6 N–H and O–H groups in total. The van der Waals surface area contributed by atoms with Crippen molar-refractivity contribution in [3.05, 3.63) is 0 Å². The second kappa shape index (κ2) is 5.05. The van der Waals surface area contributed by atoms with E-state index in [-0.39, 0.29) is 0 Å². The van der Waals surface area contributed by atoms with Crippen LogP contribution in [0.25, 0.3) is 0 Å². The first-order valence-electron chi connectivity index (χ1n) is 3.83. The Bertz CT molecular complexity index is 323. The average Bonchev–Trinajstić information content (AvgIpc) is 2.01. The number of sulfone groups is 1. The normalized spacial score (nSPS) is 15.6. The summed E-state index contributed by atoms with van der Waals surface area (Å²) >= 11 is 0. The van der Waals surface area contributed by atoms with E-state index in [0.29, 0.717) is 0 Å². The van der Waals surface area contributed by atoms with Crippen LogP contribution in [-0.2, 0) is 19.4 Å². The molecule has 0 aromatic heterocycles. The highest BCUT2D eigenvalue weighted by Gasteiger charge is 2.26. The molecule has 0 aromatic rings. The molecular formula is C6H12N2O6S. The fourth-order valence-corrected chi connectivity index (χ4v) is 2.27. The number of hydrogen-bond acceptors (Lipinski definition) is 6. The van der Waals surface area contributed by atoms with Crippen molar-refractivity contribution >= 4 is 21.8 Å². The van der Waals surface area contributed by atoms with Gasteiger partial charge in [0.1, 0.15) is 12.1 Å². The van der Waals surface area contributed by atoms with Crippen LogP contribution in [0.5, 0.6) is 0 Å². The zero-order valence-electron chi connectivity index (χ0n) is 7.66. The molecule has 0 spiro atoms. The second-order valence-corrected chi connectivity index (χ2v) is 5.12. The SMILES string of the molecule is NC(CS(=O)(=O)C[C@H](N)C(=O)O)C(=O)O. The van der Waals surface area contributed by atoms with Crippen LogP contribution in [0.4, 0.5) is 0 Å². The summed E-state index contributed by atoms with van der Waals surface area (Å²) in [5, 5.41) is 16.7. The van der Waals surface area contributed by atoms with Crippen molar-refractivity contribution in [3.8, 4) is 0 Å². The van der Waals surface area contributed by atoms with E-state index in [1.54, 1.807) is 0 Å². The molecule has 0 saturated heterocycles. The lowest BCUT2D eigenvalue weighted by molar-refractivity contribution is -0.138. The molecular weight excluding hydrogens is 228 g/mol. The smallest absolute Gasteiger partial charge is 0.321 e. The van der Waals surface area contributed by atoms with E-state index in [2.05, 4.69) is 0 Å². The first kappa shape index (κ1) is 13.8. The van der Waals surface area contributed by atoms with Gasteiger partial charge in [-0.15, -0.1) is 0 Å². The molecule has 0 rings (SSSR count). The zero-order chi connectivity index (χ0) is 12.2. The Morgan fingerprint density at radius 1 is 1.00 bits per heavy atom. The van der Waals surface area contributed by atoms with Gasteiger partial charge in [0, 0.05) is 0 Å². The third-order valence-electron chi connectivity index (χ3n) is 1.50. The average molecular weight is 240 g/mol. The summed E-state index contributed by atoms with van der Waals surface area (Å²) in [6.07, 6.45) is 0. The Morgan fingerprint density at radius 2 is 1.27 bits per heavy atom. The van der Waals surface area contributed by atoms with Crippen molar-refractivity contribution in [2.75, 3.05) is 11.5 Å². The van der Waals surface area contributed by atoms with Gasteiger partial charge in [-0.1, -0.05) is 0 Å². The van der Waals surface area contributed by atoms with Gasteiger partial charge in [0.2, 0.25) is 0 Å². The maximum Gasteiger partial charge on any atom is 0.321 e. The van der Waals surface area contributed by atoms with Gasteiger partial charge >= 0.3 is 11.9 Å². The highest BCUT2D eigenvalue weighted by molar-refractivity contribution is 7.91. The number of nitrogens with two attached hydrogens (primary N) is 2. The Hall–Kier alpha value is -1.19. The van der Waals surface area contributed by atoms with Crippen molar-refractivity contribution in [1.29, 1.82) is 0 Å². The van der Waals surface area contributed by atoms with Crippen LogP contribution in [0.15, 0.2) is 0 Å². The van der Waals surface area contributed by atoms with Crippen LogP contribution >= 0.6 is 0 Å². The maximum atomic E-state index is 11.2. The summed E-state index contributed by atoms with van der Waals surface area (Å²) in [6.45, 7) is 0. The van der Waals surface area contributed by atoms with Crippen LogP contribution < -0.4 is 11.5 Å². The van der Waals surface area contributed by atoms with E-state index in [4.69, 9.17) is 21.7 Å². The van der Waals surface area contributed by atoms with Crippen LogP contribution in [0, 0.1) is 0 Å². The molecule has 0 amide bonds. The third-order valence-corrected chi connectivity index (χ3v) is 3.24. The molecule has 8 nitrogen and oxygen atoms in total. The first-order valence-corrected chi connectivity index (χ1v) is 5.65. The summed E-state index contributed by atoms with van der Waals surface area (Å²) in [5.74, 6) is -4.60. The van der Waals surface area contributed by atoms with Crippen LogP contribution in [0.3, 0.4) is 0 Å². The number of carboxylic acid groups (broad SMARTS) is 2. The Balaban J connectivity index is 4.45. The Labute approximate surface area is 85.8 Å². The molecule has 0 aliphatic rings. The predicted molar refractivity (Wildman–Crippen MR) is 49.9 cm³/mol. The molecule has 0 saturated carbocycles. The lowest BCUT2D eigenvalue weighted by Crippen LogP contribution is -2.43. The van der Waals surface area contributed by atoms with E-state index in [1.807, 2.05) is 0 Å². The van der Waals surface area contributed by atoms with E-state index in [1.165, 1.54) is 0 Å². The lowest BCUT2D eigenvalue weighted by atomic mass is 10.4. The van der Waals surface area contributed by atoms with Crippen molar-refractivity contribution in [1.82, 2.24) is 0 Å². The number of aliphatic carboxylic acids is 2. The highest BCUT2D eigenvalue weighted by atomic mass is 32.2. The monoisotopic (exact) mass is 240 g/mol. The van der Waals surface area contributed by atoms with Gasteiger partial charge < -0.3 is 21.7 Å². The minimum atomic E-state index is -3.88. The standard InChI is InChI=1S/C6H12N2O6S/c7-3(5(9)10)1-15(13,14)2-4(8)6(11)12/h3-4H,1-2,7-8H2,(H,9,10)(H,11,12)/t3-,4?/m0/s1. The number of rotatable bonds is 6. The van der Waals surface area contributed by atoms with Crippen molar-refractivity contribution in [3.63, 3.8) is 0 Å². The highest BCUT2D eigenvalue weighted by Crippen LogP contribution is 1.96. The lowest BCUT2D eigenvalue weighted by Gasteiger charge is -2.09. The largest absolute Gasteiger partial charge is 0.480 e. The van der Waals surface area contributed by atoms with Gasteiger partial charge in [-0.3, -0.25) is 9.59 Å². The quantitative estimate of drug-likeness (QED) is 0.387. The number of hydrogen-bond donors (Lipinski definition) is 4. The molecule has 2 atom stereocenters. The van der Waals surface area contributed by atoms with Gasteiger partial charge in [-0.25, -0.2) is 8.42 Å². The fraction of sp³-hybridized carbons (Fsp3) is 0.667. The number of carbonyl (C=O) groups is 2. The second-order valence-electron chi connectivity index (χ2n) is 2.97. The minimum Gasteiger partial charge on any atom is -0.480 e. The van der Waals surface area contributed by atoms with Crippen LogP contribution in [0.1, 0.15) is 0 Å². The summed E-state index contributed by atoms with van der Waals surface area (Å²) in [4.78, 5) is 20.5.